The molecule has 1 unspecified atom stereocenters. The lowest BCUT2D eigenvalue weighted by atomic mass is 10.2. The van der Waals surface area contributed by atoms with E-state index in [1.165, 1.54) is 10.9 Å². The third-order valence-electron chi connectivity index (χ3n) is 3.31. The van der Waals surface area contributed by atoms with Gasteiger partial charge in [-0.3, -0.25) is 9.48 Å². The molecule has 2 aromatic heterocycles. The van der Waals surface area contributed by atoms with Gasteiger partial charge in [-0.1, -0.05) is 0 Å². The van der Waals surface area contributed by atoms with Gasteiger partial charge in [-0.2, -0.15) is 9.78 Å². The molecule has 2 rings (SSSR count). The SMILES string of the molecule is CCn1nccc1C(C)NC(=O)CCn1cc(Br)c([N+](=O)[O-])n1. The predicted octanol–water partition coefficient (Wildman–Crippen LogP) is 2.04. The van der Waals surface area contributed by atoms with Crippen molar-refractivity contribution in [2.75, 3.05) is 0 Å². The van der Waals surface area contributed by atoms with Gasteiger partial charge >= 0.3 is 5.82 Å². The summed E-state index contributed by atoms with van der Waals surface area (Å²) in [4.78, 5) is 22.2. The van der Waals surface area contributed by atoms with Gasteiger partial charge in [0.05, 0.1) is 29.6 Å². The van der Waals surface area contributed by atoms with Crippen molar-refractivity contribution in [2.24, 2.45) is 0 Å². The topological polar surface area (TPSA) is 108 Å². The minimum atomic E-state index is -0.575. The fourth-order valence-electron chi connectivity index (χ4n) is 2.20. The summed E-state index contributed by atoms with van der Waals surface area (Å²) in [6.45, 7) is 4.86. The Labute approximate surface area is 140 Å². The number of aromatic nitrogens is 4. The fraction of sp³-hybridized carbons (Fsp3) is 0.462. The molecule has 0 radical (unpaired) electrons. The van der Waals surface area contributed by atoms with E-state index in [0.29, 0.717) is 4.47 Å². The lowest BCUT2D eigenvalue weighted by Crippen LogP contribution is -2.29. The number of nitrogens with one attached hydrogen (secondary N) is 1. The summed E-state index contributed by atoms with van der Waals surface area (Å²) in [5, 5.41) is 21.6. The second-order valence-corrected chi connectivity index (χ2v) is 5.79. The Balaban J connectivity index is 1.90. The summed E-state index contributed by atoms with van der Waals surface area (Å²) in [6, 6.07) is 1.70. The van der Waals surface area contributed by atoms with Crippen LogP contribution in [0, 0.1) is 10.1 Å². The Morgan fingerprint density at radius 3 is 2.91 bits per heavy atom. The van der Waals surface area contributed by atoms with Crippen LogP contribution in [0.5, 0.6) is 0 Å². The molecular formula is C13H17BrN6O3. The van der Waals surface area contributed by atoms with E-state index in [2.05, 4.69) is 31.4 Å². The second kappa shape index (κ2) is 7.36. The lowest BCUT2D eigenvalue weighted by molar-refractivity contribution is -0.390. The maximum absolute atomic E-state index is 12.0. The van der Waals surface area contributed by atoms with Crippen LogP contribution in [-0.2, 0) is 17.9 Å². The van der Waals surface area contributed by atoms with Crippen molar-refractivity contribution >= 4 is 27.7 Å². The summed E-state index contributed by atoms with van der Waals surface area (Å²) >= 11 is 3.07. The first-order chi connectivity index (χ1) is 10.9. The molecule has 2 aromatic rings. The second-order valence-electron chi connectivity index (χ2n) is 4.93. The molecule has 0 saturated carbocycles. The summed E-state index contributed by atoms with van der Waals surface area (Å²) in [7, 11) is 0. The zero-order valence-electron chi connectivity index (χ0n) is 12.8. The first-order valence-electron chi connectivity index (χ1n) is 7.10. The molecule has 2 heterocycles. The van der Waals surface area contributed by atoms with E-state index >= 15 is 0 Å². The van der Waals surface area contributed by atoms with Crippen LogP contribution in [0.4, 0.5) is 5.82 Å². The lowest BCUT2D eigenvalue weighted by Gasteiger charge is -2.15. The summed E-state index contributed by atoms with van der Waals surface area (Å²) in [5.41, 5.74) is 0.929. The van der Waals surface area contributed by atoms with Crippen LogP contribution in [0.2, 0.25) is 0 Å². The predicted molar refractivity (Wildman–Crippen MR) is 85.7 cm³/mol. The Kier molecular flexibility index (Phi) is 5.48. The standard InChI is InChI=1S/C13H17BrN6O3/c1-3-19-11(4-6-15-19)9(2)16-12(21)5-7-18-8-10(14)13(17-18)20(22)23/h4,6,8-9H,3,5,7H2,1-2H3,(H,16,21). The number of amides is 1. The average molecular weight is 385 g/mol. The molecule has 0 fully saturated rings. The molecule has 1 N–H and O–H groups in total. The molecule has 10 heteroatoms. The van der Waals surface area contributed by atoms with Gasteiger partial charge in [0.15, 0.2) is 0 Å². The largest absolute Gasteiger partial charge is 0.404 e. The molecule has 0 aliphatic rings. The van der Waals surface area contributed by atoms with Gasteiger partial charge in [-0.25, -0.2) is 0 Å². The third-order valence-corrected chi connectivity index (χ3v) is 3.87. The highest BCUT2D eigenvalue weighted by Gasteiger charge is 2.19. The Hall–Kier alpha value is -2.23. The first kappa shape index (κ1) is 17.1. The van der Waals surface area contributed by atoms with Crippen molar-refractivity contribution in [3.8, 4) is 0 Å². The van der Waals surface area contributed by atoms with Crippen LogP contribution in [0.1, 0.15) is 32.0 Å². The maximum Gasteiger partial charge on any atom is 0.404 e. The number of carbonyl (C=O) groups is 1. The summed E-state index contributed by atoms with van der Waals surface area (Å²) in [6.07, 6.45) is 3.36. The summed E-state index contributed by atoms with van der Waals surface area (Å²) < 4.78 is 3.49. The van der Waals surface area contributed by atoms with Gasteiger partial charge in [-0.15, -0.1) is 0 Å². The number of nitrogens with zero attached hydrogens (tertiary/aromatic N) is 5. The number of rotatable bonds is 7. The van der Waals surface area contributed by atoms with Crippen molar-refractivity contribution < 1.29 is 9.72 Å². The molecule has 1 atom stereocenters. The van der Waals surface area contributed by atoms with Gasteiger partial charge in [-0.05, 0) is 40.8 Å². The Morgan fingerprint density at radius 2 is 2.30 bits per heavy atom. The quantitative estimate of drug-likeness (QED) is 0.580. The number of hydrogen-bond donors (Lipinski definition) is 1. The highest BCUT2D eigenvalue weighted by molar-refractivity contribution is 9.10. The molecule has 124 valence electrons. The van der Waals surface area contributed by atoms with Crippen LogP contribution < -0.4 is 5.32 Å². The van der Waals surface area contributed by atoms with Gasteiger partial charge in [0.2, 0.25) is 5.91 Å². The highest BCUT2D eigenvalue weighted by Crippen LogP contribution is 2.22. The van der Waals surface area contributed by atoms with E-state index in [0.717, 1.165) is 12.2 Å². The highest BCUT2D eigenvalue weighted by atomic mass is 79.9. The molecule has 0 saturated heterocycles. The number of carbonyl (C=O) groups excluding carboxylic acids is 1. The zero-order chi connectivity index (χ0) is 17.0. The Morgan fingerprint density at radius 1 is 1.57 bits per heavy atom. The number of nitro groups is 1. The molecule has 0 aliphatic heterocycles. The van der Waals surface area contributed by atoms with Crippen LogP contribution in [0.15, 0.2) is 22.9 Å². The van der Waals surface area contributed by atoms with E-state index in [1.807, 2.05) is 24.6 Å². The molecule has 1 amide bonds. The van der Waals surface area contributed by atoms with Gasteiger partial charge in [0.1, 0.15) is 4.47 Å². The van der Waals surface area contributed by atoms with Crippen LogP contribution in [0.3, 0.4) is 0 Å². The Bertz CT molecular complexity index is 710. The van der Waals surface area contributed by atoms with E-state index in [1.54, 1.807) is 6.20 Å². The van der Waals surface area contributed by atoms with Crippen molar-refractivity contribution in [1.82, 2.24) is 24.9 Å². The van der Waals surface area contributed by atoms with Crippen LogP contribution in [0.25, 0.3) is 0 Å². The molecule has 9 nitrogen and oxygen atoms in total. The smallest absolute Gasteiger partial charge is 0.358 e. The van der Waals surface area contributed by atoms with E-state index in [-0.39, 0.29) is 30.7 Å². The number of hydrogen-bond acceptors (Lipinski definition) is 5. The van der Waals surface area contributed by atoms with E-state index < -0.39 is 4.92 Å². The minimum Gasteiger partial charge on any atom is -0.358 e. The van der Waals surface area contributed by atoms with E-state index in [4.69, 9.17) is 0 Å². The molecule has 0 bridgehead atoms. The first-order valence-corrected chi connectivity index (χ1v) is 7.90. The van der Waals surface area contributed by atoms with Gasteiger partial charge in [0, 0.05) is 19.2 Å². The summed E-state index contributed by atoms with van der Waals surface area (Å²) in [5.74, 6) is -0.416. The van der Waals surface area contributed by atoms with Crippen molar-refractivity contribution in [1.29, 1.82) is 0 Å². The molecule has 0 aromatic carbocycles. The minimum absolute atomic E-state index is 0.157. The van der Waals surface area contributed by atoms with Gasteiger partial charge < -0.3 is 15.4 Å². The number of halogens is 1. The van der Waals surface area contributed by atoms with Gasteiger partial charge in [0.25, 0.3) is 0 Å². The normalized spacial score (nSPS) is 12.1. The van der Waals surface area contributed by atoms with Crippen molar-refractivity contribution in [2.45, 2.75) is 39.4 Å². The zero-order valence-corrected chi connectivity index (χ0v) is 14.4. The van der Waals surface area contributed by atoms with Crippen molar-refractivity contribution in [3.05, 3.63) is 38.7 Å². The van der Waals surface area contributed by atoms with Crippen molar-refractivity contribution in [3.63, 3.8) is 0 Å². The fourth-order valence-corrected chi connectivity index (χ4v) is 2.66. The third kappa shape index (κ3) is 4.15. The molecule has 0 aliphatic carbocycles. The monoisotopic (exact) mass is 384 g/mol. The van der Waals surface area contributed by atoms with Crippen LogP contribution in [-0.4, -0.2) is 30.4 Å². The van der Waals surface area contributed by atoms with E-state index in [9.17, 15) is 14.9 Å². The maximum atomic E-state index is 12.0. The molecule has 23 heavy (non-hydrogen) atoms. The number of aryl methyl sites for hydroxylation is 2. The molecule has 0 spiro atoms. The average Bonchev–Trinajstić information content (AvgIpc) is 3.11. The molecular weight excluding hydrogens is 368 g/mol. The van der Waals surface area contributed by atoms with Crippen LogP contribution >= 0.6 is 15.9 Å².